The van der Waals surface area contributed by atoms with E-state index in [0.717, 1.165) is 17.7 Å². The molecular weight excluding hydrogens is 364 g/mol. The third-order valence-corrected chi connectivity index (χ3v) is 6.17. The number of benzene rings is 2. The van der Waals surface area contributed by atoms with E-state index in [-0.39, 0.29) is 5.91 Å². The number of fused-ring (bicyclic) bond motifs is 1. The molecule has 0 bridgehead atoms. The van der Waals surface area contributed by atoms with Gasteiger partial charge in [0.05, 0.1) is 0 Å². The van der Waals surface area contributed by atoms with Gasteiger partial charge in [0.2, 0.25) is 5.91 Å². The zero-order valence-electron chi connectivity index (χ0n) is 16.0. The Morgan fingerprint density at radius 3 is 2.82 bits per heavy atom. The van der Waals surface area contributed by atoms with E-state index < -0.39 is 0 Å². The molecule has 1 aliphatic carbocycles. The molecule has 0 radical (unpaired) electrons. The van der Waals surface area contributed by atoms with E-state index in [1.54, 1.807) is 0 Å². The van der Waals surface area contributed by atoms with Crippen LogP contribution in [0.4, 0.5) is 0 Å². The Hall–Kier alpha value is -2.46. The maximum atomic E-state index is 12.0. The van der Waals surface area contributed by atoms with E-state index in [2.05, 4.69) is 64.9 Å². The minimum atomic E-state index is 0.198. The van der Waals surface area contributed by atoms with Crippen molar-refractivity contribution in [3.05, 3.63) is 71.9 Å². The van der Waals surface area contributed by atoms with Gasteiger partial charge in [-0.15, -0.1) is 11.8 Å². The maximum Gasteiger partial charge on any atom is 0.220 e. The van der Waals surface area contributed by atoms with Crippen molar-refractivity contribution in [2.45, 2.75) is 30.6 Å². The molecule has 144 valence electrons. The lowest BCUT2D eigenvalue weighted by Gasteiger charge is -2.11. The van der Waals surface area contributed by atoms with Gasteiger partial charge in [-0.25, -0.2) is 0 Å². The number of hydrogen-bond donors (Lipinski definition) is 2. The summed E-state index contributed by atoms with van der Waals surface area (Å²) in [5, 5.41) is 4.36. The number of aromatic amines is 1. The number of carbonyl (C=O) groups excluding carboxylic acids is 1. The number of carbonyl (C=O) groups is 1. The molecule has 28 heavy (non-hydrogen) atoms. The van der Waals surface area contributed by atoms with E-state index in [0.29, 0.717) is 18.9 Å². The van der Waals surface area contributed by atoms with Crippen LogP contribution in [0.25, 0.3) is 17.0 Å². The van der Waals surface area contributed by atoms with Crippen molar-refractivity contribution in [1.29, 1.82) is 0 Å². The highest BCUT2D eigenvalue weighted by molar-refractivity contribution is 7.99. The average Bonchev–Trinajstić information content (AvgIpc) is 3.39. The molecular formula is C24H26N2OS. The molecule has 1 amide bonds. The highest BCUT2D eigenvalue weighted by Gasteiger charge is 2.24. The predicted molar refractivity (Wildman–Crippen MR) is 119 cm³/mol. The van der Waals surface area contributed by atoms with Gasteiger partial charge in [-0.3, -0.25) is 4.79 Å². The number of nitrogens with one attached hydrogen (secondary N) is 2. The maximum absolute atomic E-state index is 12.0. The minimum absolute atomic E-state index is 0.198. The number of thioether (sulfide) groups is 1. The fourth-order valence-electron chi connectivity index (χ4n) is 3.44. The summed E-state index contributed by atoms with van der Waals surface area (Å²) < 4.78 is 0. The molecule has 1 heterocycles. The van der Waals surface area contributed by atoms with Crippen molar-refractivity contribution in [3.8, 4) is 0 Å². The van der Waals surface area contributed by atoms with E-state index in [9.17, 15) is 4.79 Å². The van der Waals surface area contributed by atoms with Gasteiger partial charge in [0.25, 0.3) is 0 Å². The first kappa shape index (κ1) is 18.9. The van der Waals surface area contributed by atoms with E-state index in [1.807, 2.05) is 24.0 Å². The van der Waals surface area contributed by atoms with Crippen LogP contribution < -0.4 is 5.32 Å². The van der Waals surface area contributed by atoms with Crippen LogP contribution in [-0.2, 0) is 11.2 Å². The molecule has 2 N–H and O–H groups in total. The van der Waals surface area contributed by atoms with Crippen LogP contribution in [-0.4, -0.2) is 23.2 Å². The zero-order chi connectivity index (χ0) is 19.2. The van der Waals surface area contributed by atoms with Gasteiger partial charge >= 0.3 is 0 Å². The van der Waals surface area contributed by atoms with Gasteiger partial charge in [0, 0.05) is 40.7 Å². The van der Waals surface area contributed by atoms with Gasteiger partial charge in [0.15, 0.2) is 0 Å². The minimum Gasteiger partial charge on any atom is -0.361 e. The van der Waals surface area contributed by atoms with Crippen molar-refractivity contribution >= 4 is 34.6 Å². The van der Waals surface area contributed by atoms with Crippen molar-refractivity contribution in [2.75, 3.05) is 12.3 Å². The first-order valence-corrected chi connectivity index (χ1v) is 11.0. The SMILES string of the molecule is O=C(CC1CC1)NCCc1c(SCC=Cc2ccccc2)ccc2[nH]ccc12. The average molecular weight is 391 g/mol. The van der Waals surface area contributed by atoms with Crippen LogP contribution in [0.5, 0.6) is 0 Å². The van der Waals surface area contributed by atoms with Crippen LogP contribution in [0.15, 0.2) is 65.7 Å². The largest absolute Gasteiger partial charge is 0.361 e. The monoisotopic (exact) mass is 390 g/mol. The molecule has 2 aromatic carbocycles. The lowest BCUT2D eigenvalue weighted by molar-refractivity contribution is -0.121. The molecule has 3 aromatic rings. The summed E-state index contributed by atoms with van der Waals surface area (Å²) in [5.41, 5.74) is 3.70. The van der Waals surface area contributed by atoms with Gasteiger partial charge in [-0.1, -0.05) is 42.5 Å². The fourth-order valence-corrected chi connectivity index (χ4v) is 4.36. The molecule has 1 aromatic heterocycles. The third-order valence-electron chi connectivity index (χ3n) is 5.12. The van der Waals surface area contributed by atoms with Crippen LogP contribution in [0.2, 0.25) is 0 Å². The fraction of sp³-hybridized carbons (Fsp3) is 0.292. The van der Waals surface area contributed by atoms with Crippen LogP contribution in [0.3, 0.4) is 0 Å². The summed E-state index contributed by atoms with van der Waals surface area (Å²) >= 11 is 1.85. The molecule has 0 spiro atoms. The second-order valence-corrected chi connectivity index (χ2v) is 8.41. The molecule has 0 saturated heterocycles. The molecule has 1 aliphatic rings. The smallest absolute Gasteiger partial charge is 0.220 e. The summed E-state index contributed by atoms with van der Waals surface area (Å²) in [6.07, 6.45) is 10.4. The van der Waals surface area contributed by atoms with Gasteiger partial charge in [-0.05, 0) is 54.5 Å². The summed E-state index contributed by atoms with van der Waals surface area (Å²) in [4.78, 5) is 16.6. The molecule has 0 aliphatic heterocycles. The van der Waals surface area contributed by atoms with Crippen molar-refractivity contribution in [1.82, 2.24) is 10.3 Å². The van der Waals surface area contributed by atoms with Crippen molar-refractivity contribution in [2.24, 2.45) is 5.92 Å². The van der Waals surface area contributed by atoms with Crippen molar-refractivity contribution in [3.63, 3.8) is 0 Å². The summed E-state index contributed by atoms with van der Waals surface area (Å²) in [6, 6.07) is 16.9. The number of amides is 1. The Labute approximate surface area is 170 Å². The van der Waals surface area contributed by atoms with E-state index in [4.69, 9.17) is 0 Å². The van der Waals surface area contributed by atoms with Crippen LogP contribution in [0, 0.1) is 5.92 Å². The third kappa shape index (κ3) is 5.08. The molecule has 1 saturated carbocycles. The quantitative estimate of drug-likeness (QED) is 0.478. The van der Waals surface area contributed by atoms with Crippen LogP contribution in [0.1, 0.15) is 30.4 Å². The first-order valence-electron chi connectivity index (χ1n) is 9.99. The van der Waals surface area contributed by atoms with E-state index >= 15 is 0 Å². The molecule has 4 heteroatoms. The molecule has 3 nitrogen and oxygen atoms in total. The first-order chi connectivity index (χ1) is 13.8. The highest BCUT2D eigenvalue weighted by atomic mass is 32.2. The Morgan fingerprint density at radius 2 is 2.00 bits per heavy atom. The number of aromatic nitrogens is 1. The standard InChI is InChI=1S/C24H26N2OS/c27-24(17-19-8-9-19)26-15-13-21-20-12-14-25-22(20)10-11-23(21)28-16-4-7-18-5-2-1-3-6-18/h1-7,10-12,14,19,25H,8-9,13,15-17H2,(H,26,27). The number of rotatable bonds is 9. The normalized spacial score (nSPS) is 14.0. The number of hydrogen-bond acceptors (Lipinski definition) is 2. The van der Waals surface area contributed by atoms with E-state index in [1.165, 1.54) is 34.3 Å². The second-order valence-electron chi connectivity index (χ2n) is 7.35. The molecule has 0 atom stereocenters. The predicted octanol–water partition coefficient (Wildman–Crippen LogP) is 5.43. The Kier molecular flexibility index (Phi) is 6.17. The summed E-state index contributed by atoms with van der Waals surface area (Å²) in [7, 11) is 0. The lowest BCUT2D eigenvalue weighted by Crippen LogP contribution is -2.25. The molecule has 0 unspecified atom stereocenters. The lowest BCUT2D eigenvalue weighted by atomic mass is 10.1. The topological polar surface area (TPSA) is 44.9 Å². The van der Waals surface area contributed by atoms with Gasteiger partial charge in [0.1, 0.15) is 0 Å². The molecule has 4 rings (SSSR count). The van der Waals surface area contributed by atoms with Gasteiger partial charge in [-0.2, -0.15) is 0 Å². The molecule has 1 fully saturated rings. The highest BCUT2D eigenvalue weighted by Crippen LogP contribution is 2.32. The second kappa shape index (κ2) is 9.16. The Bertz CT molecular complexity index is 957. The Morgan fingerprint density at radius 1 is 1.14 bits per heavy atom. The zero-order valence-corrected chi connectivity index (χ0v) is 16.8. The Balaban J connectivity index is 1.39. The van der Waals surface area contributed by atoms with Crippen molar-refractivity contribution < 1.29 is 4.79 Å². The number of H-pyrrole nitrogens is 1. The van der Waals surface area contributed by atoms with Crippen LogP contribution >= 0.6 is 11.8 Å². The summed E-state index contributed by atoms with van der Waals surface area (Å²) in [5.74, 6) is 1.76. The summed E-state index contributed by atoms with van der Waals surface area (Å²) in [6.45, 7) is 0.698. The van der Waals surface area contributed by atoms with Gasteiger partial charge < -0.3 is 10.3 Å².